The number of rotatable bonds is 7. The van der Waals surface area contributed by atoms with Gasteiger partial charge in [0, 0.05) is 4.88 Å². The molecule has 7 nitrogen and oxygen atoms in total. The molecule has 2 aromatic rings. The SMILES string of the molecule is CCOC(=O)c1c(NC(=O)[C@H](C)N(c2cc(C)cc(C)c2)S(C)(=O)=O)sc2c1CCCC2. The van der Waals surface area contributed by atoms with Crippen LogP contribution < -0.4 is 9.62 Å². The standard InChI is InChI=1S/C23H30N2O5S2/c1-6-30-23(27)20-18-9-7-8-10-19(18)31-22(20)24-21(26)16(4)25(32(5,28)29)17-12-14(2)11-15(3)13-17/h11-13,16H,6-10H2,1-5H3,(H,24,26)/t16-/m0/s1. The normalized spacial score (nSPS) is 14.4. The largest absolute Gasteiger partial charge is 0.462 e. The molecule has 3 rings (SSSR count). The van der Waals surface area contributed by atoms with Crippen molar-refractivity contribution in [3.05, 3.63) is 45.3 Å². The Morgan fingerprint density at radius 1 is 1.16 bits per heavy atom. The minimum atomic E-state index is -3.74. The molecule has 0 unspecified atom stereocenters. The highest BCUT2D eigenvalue weighted by atomic mass is 32.2. The maximum atomic E-state index is 13.2. The predicted octanol–water partition coefficient (Wildman–Crippen LogP) is 4.21. The summed E-state index contributed by atoms with van der Waals surface area (Å²) in [6.07, 6.45) is 4.73. The maximum absolute atomic E-state index is 13.2. The summed E-state index contributed by atoms with van der Waals surface area (Å²) >= 11 is 1.38. The van der Waals surface area contributed by atoms with E-state index in [2.05, 4.69) is 5.32 Å². The number of benzene rings is 1. The topological polar surface area (TPSA) is 92.8 Å². The second kappa shape index (κ2) is 9.62. The smallest absolute Gasteiger partial charge is 0.341 e. The molecule has 1 amide bonds. The highest BCUT2D eigenvalue weighted by Gasteiger charge is 2.32. The van der Waals surface area contributed by atoms with E-state index in [-0.39, 0.29) is 6.61 Å². The maximum Gasteiger partial charge on any atom is 0.341 e. The number of carbonyl (C=O) groups excluding carboxylic acids is 2. The van der Waals surface area contributed by atoms with Crippen molar-refractivity contribution in [3.63, 3.8) is 0 Å². The van der Waals surface area contributed by atoms with Gasteiger partial charge in [0.25, 0.3) is 0 Å². The number of hydrogen-bond donors (Lipinski definition) is 1. The lowest BCUT2D eigenvalue weighted by Crippen LogP contribution is -2.45. The van der Waals surface area contributed by atoms with Crippen molar-refractivity contribution >= 4 is 43.9 Å². The molecule has 0 bridgehead atoms. The molecule has 0 saturated carbocycles. The van der Waals surface area contributed by atoms with E-state index in [1.807, 2.05) is 19.9 Å². The minimum absolute atomic E-state index is 0.238. The van der Waals surface area contributed by atoms with Crippen LogP contribution >= 0.6 is 11.3 Å². The van der Waals surface area contributed by atoms with Gasteiger partial charge in [-0.15, -0.1) is 11.3 Å². The molecule has 0 fully saturated rings. The number of hydrogen-bond acceptors (Lipinski definition) is 6. The van der Waals surface area contributed by atoms with E-state index in [9.17, 15) is 18.0 Å². The Labute approximate surface area is 193 Å². The van der Waals surface area contributed by atoms with Crippen LogP contribution in [0.3, 0.4) is 0 Å². The molecule has 0 saturated heterocycles. The van der Waals surface area contributed by atoms with Gasteiger partial charge in [0.1, 0.15) is 11.0 Å². The van der Waals surface area contributed by atoms with Crippen LogP contribution in [0.2, 0.25) is 0 Å². The summed E-state index contributed by atoms with van der Waals surface area (Å²) in [5.41, 5.74) is 3.58. The summed E-state index contributed by atoms with van der Waals surface area (Å²) in [5.74, 6) is -0.956. The van der Waals surface area contributed by atoms with E-state index < -0.39 is 27.9 Å². The fraction of sp³-hybridized carbons (Fsp3) is 0.478. The summed E-state index contributed by atoms with van der Waals surface area (Å²) in [6.45, 7) is 7.28. The van der Waals surface area contributed by atoms with E-state index in [4.69, 9.17) is 4.74 Å². The van der Waals surface area contributed by atoms with Crippen LogP contribution in [0.15, 0.2) is 18.2 Å². The molecule has 1 N–H and O–H groups in total. The first-order chi connectivity index (χ1) is 15.0. The lowest BCUT2D eigenvalue weighted by Gasteiger charge is -2.28. The number of carbonyl (C=O) groups is 2. The molecule has 32 heavy (non-hydrogen) atoms. The van der Waals surface area contributed by atoms with Crippen molar-refractivity contribution in [2.24, 2.45) is 0 Å². The number of anilines is 2. The Bertz CT molecular complexity index is 1120. The molecular formula is C23H30N2O5S2. The van der Waals surface area contributed by atoms with Gasteiger partial charge in [-0.25, -0.2) is 13.2 Å². The number of nitrogens with one attached hydrogen (secondary N) is 1. The second-order valence-corrected chi connectivity index (χ2v) is 11.2. The van der Waals surface area contributed by atoms with E-state index >= 15 is 0 Å². The van der Waals surface area contributed by atoms with Crippen molar-refractivity contribution in [1.29, 1.82) is 0 Å². The molecule has 0 aliphatic heterocycles. The number of sulfonamides is 1. The number of esters is 1. The zero-order valence-electron chi connectivity index (χ0n) is 19.1. The van der Waals surface area contributed by atoms with E-state index in [0.29, 0.717) is 16.3 Å². The van der Waals surface area contributed by atoms with Crippen molar-refractivity contribution in [2.45, 2.75) is 59.4 Å². The lowest BCUT2D eigenvalue weighted by molar-refractivity contribution is -0.116. The third-order valence-corrected chi connectivity index (χ3v) is 7.89. The zero-order valence-corrected chi connectivity index (χ0v) is 20.8. The quantitative estimate of drug-likeness (QED) is 0.602. The van der Waals surface area contributed by atoms with Crippen LogP contribution in [0, 0.1) is 13.8 Å². The predicted molar refractivity (Wildman–Crippen MR) is 128 cm³/mol. The third-order valence-electron chi connectivity index (χ3n) is 5.44. The zero-order chi connectivity index (χ0) is 23.6. The van der Waals surface area contributed by atoms with Crippen LogP contribution in [-0.2, 0) is 32.4 Å². The first-order valence-corrected chi connectivity index (χ1v) is 13.4. The van der Waals surface area contributed by atoms with Crippen LogP contribution in [-0.4, -0.2) is 39.2 Å². The Hall–Kier alpha value is -2.39. The Balaban J connectivity index is 1.96. The fourth-order valence-electron chi connectivity index (χ4n) is 4.18. The molecule has 1 aromatic carbocycles. The van der Waals surface area contributed by atoms with Gasteiger partial charge in [-0.1, -0.05) is 6.07 Å². The molecule has 1 aromatic heterocycles. The van der Waals surface area contributed by atoms with Gasteiger partial charge in [0.05, 0.1) is 24.1 Å². The van der Waals surface area contributed by atoms with Crippen molar-refractivity contribution in [2.75, 3.05) is 22.5 Å². The highest BCUT2D eigenvalue weighted by Crippen LogP contribution is 2.39. The highest BCUT2D eigenvalue weighted by molar-refractivity contribution is 7.92. The van der Waals surface area contributed by atoms with E-state index in [0.717, 1.165) is 57.8 Å². The fourth-order valence-corrected chi connectivity index (χ4v) is 6.62. The summed E-state index contributed by atoms with van der Waals surface area (Å²) in [5, 5.41) is 3.26. The van der Waals surface area contributed by atoms with Crippen LogP contribution in [0.25, 0.3) is 0 Å². The van der Waals surface area contributed by atoms with Gasteiger partial charge in [-0.05, 0) is 82.2 Å². The van der Waals surface area contributed by atoms with Gasteiger partial charge >= 0.3 is 5.97 Å². The first kappa shape index (κ1) is 24.3. The van der Waals surface area contributed by atoms with Crippen LogP contribution in [0.5, 0.6) is 0 Å². The summed E-state index contributed by atoms with van der Waals surface area (Å²) < 4.78 is 31.7. The van der Waals surface area contributed by atoms with E-state index in [1.54, 1.807) is 26.0 Å². The molecule has 0 spiro atoms. The number of fused-ring (bicyclic) bond motifs is 1. The number of aryl methyl sites for hydroxylation is 3. The molecule has 0 radical (unpaired) electrons. The van der Waals surface area contributed by atoms with Crippen molar-refractivity contribution < 1.29 is 22.7 Å². The summed E-state index contributed by atoms with van der Waals surface area (Å²) in [6, 6.07) is 4.41. The summed E-state index contributed by atoms with van der Waals surface area (Å²) in [4.78, 5) is 27.0. The van der Waals surface area contributed by atoms with Gasteiger partial charge in [-0.3, -0.25) is 9.10 Å². The summed E-state index contributed by atoms with van der Waals surface area (Å²) in [7, 11) is -3.74. The molecular weight excluding hydrogens is 448 g/mol. The molecule has 174 valence electrons. The van der Waals surface area contributed by atoms with Gasteiger partial charge in [0.15, 0.2) is 0 Å². The van der Waals surface area contributed by atoms with E-state index in [1.165, 1.54) is 11.3 Å². The number of nitrogens with zero attached hydrogens (tertiary/aromatic N) is 1. The van der Waals surface area contributed by atoms with Crippen molar-refractivity contribution in [1.82, 2.24) is 0 Å². The van der Waals surface area contributed by atoms with Gasteiger partial charge in [0.2, 0.25) is 15.9 Å². The minimum Gasteiger partial charge on any atom is -0.462 e. The van der Waals surface area contributed by atoms with Crippen molar-refractivity contribution in [3.8, 4) is 0 Å². The lowest BCUT2D eigenvalue weighted by atomic mass is 9.95. The van der Waals surface area contributed by atoms with Gasteiger partial charge in [-0.2, -0.15) is 0 Å². The molecule has 1 aliphatic carbocycles. The monoisotopic (exact) mass is 478 g/mol. The Kier molecular flexibility index (Phi) is 7.29. The Morgan fingerprint density at radius 3 is 2.38 bits per heavy atom. The number of ether oxygens (including phenoxy) is 1. The second-order valence-electron chi connectivity index (χ2n) is 8.21. The average Bonchev–Trinajstić information content (AvgIpc) is 3.04. The van der Waals surface area contributed by atoms with Crippen LogP contribution in [0.4, 0.5) is 10.7 Å². The molecule has 1 heterocycles. The molecule has 1 aliphatic rings. The number of thiophene rings is 1. The molecule has 1 atom stereocenters. The first-order valence-electron chi connectivity index (χ1n) is 10.7. The third kappa shape index (κ3) is 5.15. The Morgan fingerprint density at radius 2 is 1.78 bits per heavy atom. The van der Waals surface area contributed by atoms with Gasteiger partial charge < -0.3 is 10.1 Å². The molecule has 9 heteroatoms. The average molecular weight is 479 g/mol. The number of amides is 1. The van der Waals surface area contributed by atoms with Crippen LogP contribution in [0.1, 0.15) is 58.6 Å².